The topological polar surface area (TPSA) is 12.0 Å². The average Bonchev–Trinajstić information content (AvgIpc) is 2.45. The molecule has 1 aromatic carbocycles. The Kier molecular flexibility index (Phi) is 5.37. The van der Waals surface area contributed by atoms with Gasteiger partial charge in [-0.05, 0) is 29.7 Å². The van der Waals surface area contributed by atoms with E-state index >= 15 is 0 Å². The summed E-state index contributed by atoms with van der Waals surface area (Å²) in [6.45, 7) is 7.71. The highest BCUT2D eigenvalue weighted by Gasteiger charge is 2.33. The van der Waals surface area contributed by atoms with E-state index in [0.29, 0.717) is 17.4 Å². The van der Waals surface area contributed by atoms with Crippen molar-refractivity contribution < 1.29 is 8.78 Å². The molecule has 1 nitrogen and oxygen atoms in total. The number of halogens is 2. The van der Waals surface area contributed by atoms with Crippen molar-refractivity contribution in [3.05, 3.63) is 35.4 Å². The lowest BCUT2D eigenvalue weighted by Gasteiger charge is -2.41. The fourth-order valence-corrected chi connectivity index (χ4v) is 3.44. The van der Waals surface area contributed by atoms with Crippen molar-refractivity contribution in [3.63, 3.8) is 0 Å². The molecule has 1 aromatic rings. The molecule has 0 aliphatic heterocycles. The minimum atomic E-state index is -2.38. The number of hydrogen-bond donors (Lipinski definition) is 1. The van der Waals surface area contributed by atoms with Crippen LogP contribution in [0.2, 0.25) is 0 Å². The van der Waals surface area contributed by atoms with Gasteiger partial charge in [0.15, 0.2) is 0 Å². The quantitative estimate of drug-likeness (QED) is 0.793. The van der Waals surface area contributed by atoms with Crippen LogP contribution >= 0.6 is 0 Å². The molecule has 2 rings (SSSR count). The van der Waals surface area contributed by atoms with Crippen molar-refractivity contribution in [2.75, 3.05) is 0 Å². The summed E-state index contributed by atoms with van der Waals surface area (Å²) in [4.78, 5) is 0. The minimum absolute atomic E-state index is 0.101. The fraction of sp³-hybridized carbons (Fsp3) is 0.667. The summed E-state index contributed by atoms with van der Waals surface area (Å²) in [5, 5.41) is 3.66. The van der Waals surface area contributed by atoms with E-state index in [2.05, 4.69) is 26.1 Å². The number of rotatable bonds is 4. The van der Waals surface area contributed by atoms with Crippen molar-refractivity contribution in [1.82, 2.24) is 5.32 Å². The Morgan fingerprint density at radius 2 is 1.71 bits per heavy atom. The Labute approximate surface area is 127 Å². The van der Waals surface area contributed by atoms with Crippen LogP contribution in [0, 0.1) is 11.3 Å². The summed E-state index contributed by atoms with van der Waals surface area (Å²) in [7, 11) is 0. The first-order valence-corrected chi connectivity index (χ1v) is 7.98. The predicted octanol–water partition coefficient (Wildman–Crippen LogP) is 5.32. The van der Waals surface area contributed by atoms with Crippen molar-refractivity contribution in [1.29, 1.82) is 0 Å². The Balaban J connectivity index is 1.94. The molecule has 1 fully saturated rings. The van der Waals surface area contributed by atoms with Gasteiger partial charge < -0.3 is 5.32 Å². The van der Waals surface area contributed by atoms with Crippen LogP contribution in [0.5, 0.6) is 0 Å². The van der Waals surface area contributed by atoms with Crippen molar-refractivity contribution in [3.8, 4) is 0 Å². The number of hydrogen-bond acceptors (Lipinski definition) is 1. The monoisotopic (exact) mass is 295 g/mol. The number of benzene rings is 1. The van der Waals surface area contributed by atoms with Gasteiger partial charge in [-0.1, -0.05) is 57.9 Å². The van der Waals surface area contributed by atoms with Gasteiger partial charge in [-0.2, -0.15) is 0 Å². The molecule has 1 saturated carbocycles. The molecule has 0 heterocycles. The number of nitrogens with one attached hydrogen (secondary N) is 1. The highest BCUT2D eigenvalue weighted by atomic mass is 19.3. The first-order chi connectivity index (χ1) is 9.88. The zero-order valence-corrected chi connectivity index (χ0v) is 13.3. The highest BCUT2D eigenvalue weighted by molar-refractivity contribution is 5.23. The van der Waals surface area contributed by atoms with Crippen molar-refractivity contribution in [2.45, 2.75) is 65.5 Å². The molecule has 0 aromatic heterocycles. The van der Waals surface area contributed by atoms with Gasteiger partial charge in [-0.15, -0.1) is 0 Å². The van der Waals surface area contributed by atoms with Crippen LogP contribution in [0.15, 0.2) is 24.3 Å². The van der Waals surface area contributed by atoms with Gasteiger partial charge in [0.1, 0.15) is 0 Å². The minimum Gasteiger partial charge on any atom is -0.310 e. The van der Waals surface area contributed by atoms with Gasteiger partial charge in [0, 0.05) is 18.2 Å². The van der Waals surface area contributed by atoms with Crippen LogP contribution in [0.25, 0.3) is 0 Å². The average molecular weight is 295 g/mol. The van der Waals surface area contributed by atoms with E-state index in [1.165, 1.54) is 37.8 Å². The maximum absolute atomic E-state index is 12.5. The van der Waals surface area contributed by atoms with Crippen LogP contribution < -0.4 is 5.32 Å². The maximum Gasteiger partial charge on any atom is 0.263 e. The van der Waals surface area contributed by atoms with Crippen LogP contribution in [-0.4, -0.2) is 6.04 Å². The summed E-state index contributed by atoms with van der Waals surface area (Å²) in [5.74, 6) is 0.687. The molecule has 2 atom stereocenters. The standard InChI is InChI=1S/C18H27F2N/c1-18(2,3)15-6-4-5-7-16(15)21-12-13-8-10-14(11-9-13)17(19)20/h8-11,15-17,21H,4-7,12H2,1-3H3. The maximum atomic E-state index is 12.5. The van der Waals surface area contributed by atoms with Crippen LogP contribution in [0.3, 0.4) is 0 Å². The van der Waals surface area contributed by atoms with Gasteiger partial charge in [0.25, 0.3) is 6.43 Å². The molecular weight excluding hydrogens is 268 g/mol. The Morgan fingerprint density at radius 3 is 2.29 bits per heavy atom. The molecule has 2 unspecified atom stereocenters. The van der Waals surface area contributed by atoms with E-state index in [9.17, 15) is 8.78 Å². The Hall–Kier alpha value is -0.960. The summed E-state index contributed by atoms with van der Waals surface area (Å²) >= 11 is 0. The SMILES string of the molecule is CC(C)(C)C1CCCCC1NCc1ccc(C(F)F)cc1. The van der Waals surface area contributed by atoms with Crippen LogP contribution in [0.4, 0.5) is 8.78 Å². The second-order valence-electron chi connectivity index (χ2n) is 7.29. The molecule has 1 aliphatic carbocycles. The molecule has 1 N–H and O–H groups in total. The first-order valence-electron chi connectivity index (χ1n) is 7.98. The lowest BCUT2D eigenvalue weighted by molar-refractivity contribution is 0.130. The first kappa shape index (κ1) is 16.4. The Bertz CT molecular complexity index is 434. The van der Waals surface area contributed by atoms with E-state index in [1.54, 1.807) is 0 Å². The molecule has 21 heavy (non-hydrogen) atoms. The molecule has 0 amide bonds. The largest absolute Gasteiger partial charge is 0.310 e. The second kappa shape index (κ2) is 6.87. The summed E-state index contributed by atoms with van der Waals surface area (Å²) in [5.41, 5.74) is 1.50. The molecule has 118 valence electrons. The third kappa shape index (κ3) is 4.50. The lowest BCUT2D eigenvalue weighted by atomic mass is 9.69. The van der Waals surface area contributed by atoms with Gasteiger partial charge >= 0.3 is 0 Å². The molecule has 0 radical (unpaired) electrons. The van der Waals surface area contributed by atoms with Crippen LogP contribution in [0.1, 0.15) is 64.0 Å². The van der Waals surface area contributed by atoms with E-state index in [0.717, 1.165) is 12.1 Å². The Morgan fingerprint density at radius 1 is 1.10 bits per heavy atom. The van der Waals surface area contributed by atoms with E-state index in [4.69, 9.17) is 0 Å². The molecule has 3 heteroatoms. The zero-order valence-electron chi connectivity index (χ0n) is 13.3. The lowest BCUT2D eigenvalue weighted by Crippen LogP contribution is -2.43. The van der Waals surface area contributed by atoms with Gasteiger partial charge in [-0.3, -0.25) is 0 Å². The van der Waals surface area contributed by atoms with Gasteiger partial charge in [0.2, 0.25) is 0 Å². The smallest absolute Gasteiger partial charge is 0.263 e. The van der Waals surface area contributed by atoms with E-state index < -0.39 is 6.43 Å². The molecule has 0 spiro atoms. The number of alkyl halides is 2. The zero-order chi connectivity index (χ0) is 15.5. The summed E-state index contributed by atoms with van der Waals surface area (Å²) in [6, 6.07) is 7.22. The second-order valence-corrected chi connectivity index (χ2v) is 7.29. The molecule has 0 bridgehead atoms. The normalized spacial score (nSPS) is 23.5. The summed E-state index contributed by atoms with van der Waals surface area (Å²) < 4.78 is 25.1. The fourth-order valence-electron chi connectivity index (χ4n) is 3.44. The van der Waals surface area contributed by atoms with Crippen LogP contribution in [-0.2, 0) is 6.54 Å². The van der Waals surface area contributed by atoms with Crippen molar-refractivity contribution >= 4 is 0 Å². The van der Waals surface area contributed by atoms with Gasteiger partial charge in [-0.25, -0.2) is 8.78 Å². The predicted molar refractivity (Wildman–Crippen MR) is 83.4 cm³/mol. The molecular formula is C18H27F2N. The van der Waals surface area contributed by atoms with E-state index in [-0.39, 0.29) is 5.56 Å². The summed E-state index contributed by atoms with van der Waals surface area (Å²) in [6.07, 6.45) is 2.73. The highest BCUT2D eigenvalue weighted by Crippen LogP contribution is 2.38. The molecule has 0 saturated heterocycles. The van der Waals surface area contributed by atoms with Gasteiger partial charge in [0.05, 0.1) is 0 Å². The third-order valence-electron chi connectivity index (χ3n) is 4.68. The van der Waals surface area contributed by atoms with E-state index in [1.807, 2.05) is 12.1 Å². The van der Waals surface area contributed by atoms with Crippen molar-refractivity contribution in [2.24, 2.45) is 11.3 Å². The molecule has 1 aliphatic rings. The third-order valence-corrected chi connectivity index (χ3v) is 4.68.